The van der Waals surface area contributed by atoms with Crippen molar-refractivity contribution in [3.05, 3.63) is 29.8 Å². The second-order valence-corrected chi connectivity index (χ2v) is 4.96. The molecule has 4 heteroatoms. The molecule has 18 heavy (non-hydrogen) atoms. The lowest BCUT2D eigenvalue weighted by Crippen LogP contribution is -2.38. The number of nitrogens with two attached hydrogens (primary N) is 1. The van der Waals surface area contributed by atoms with Gasteiger partial charge in [-0.2, -0.15) is 0 Å². The van der Waals surface area contributed by atoms with E-state index in [1.165, 1.54) is 12.8 Å². The van der Waals surface area contributed by atoms with Crippen molar-refractivity contribution in [1.29, 1.82) is 0 Å². The van der Waals surface area contributed by atoms with E-state index in [-0.39, 0.29) is 5.91 Å². The number of amides is 1. The Bertz CT molecular complexity index is 419. The van der Waals surface area contributed by atoms with Gasteiger partial charge in [0.2, 0.25) is 5.91 Å². The number of nitrogens with zero attached hydrogens (tertiary/aromatic N) is 1. The molecule has 4 nitrogen and oxygen atoms in total. The highest BCUT2D eigenvalue weighted by Gasteiger charge is 2.21. The number of hydrogen-bond donors (Lipinski definition) is 2. The van der Waals surface area contributed by atoms with Crippen molar-refractivity contribution in [1.82, 2.24) is 10.2 Å². The average molecular weight is 247 g/mol. The van der Waals surface area contributed by atoms with Crippen LogP contribution in [0.4, 0.5) is 5.69 Å². The third-order valence-electron chi connectivity index (χ3n) is 3.61. The topological polar surface area (TPSA) is 58.4 Å². The molecular formula is C14H21N3O. The second kappa shape index (κ2) is 5.87. The highest BCUT2D eigenvalue weighted by molar-refractivity contribution is 5.80. The lowest BCUT2D eigenvalue weighted by Gasteiger charge is -2.19. The second-order valence-electron chi connectivity index (χ2n) is 4.96. The fraction of sp³-hybridized carbons (Fsp3) is 0.500. The molecule has 0 bridgehead atoms. The molecule has 0 saturated carbocycles. The number of carbonyl (C=O) groups is 1. The van der Waals surface area contributed by atoms with E-state index in [4.69, 9.17) is 5.73 Å². The molecule has 1 fully saturated rings. The largest absolute Gasteiger partial charge is 0.398 e. The first kappa shape index (κ1) is 12.9. The molecule has 0 radical (unpaired) electrons. The third-order valence-corrected chi connectivity index (χ3v) is 3.61. The summed E-state index contributed by atoms with van der Waals surface area (Å²) in [6, 6.07) is 8.00. The molecule has 1 heterocycles. The number of carbonyl (C=O) groups excluding carboxylic acids is 1. The zero-order chi connectivity index (χ0) is 13.0. The summed E-state index contributed by atoms with van der Waals surface area (Å²) < 4.78 is 0. The number of benzene rings is 1. The van der Waals surface area contributed by atoms with Crippen molar-refractivity contribution < 1.29 is 4.79 Å². The van der Waals surface area contributed by atoms with Gasteiger partial charge in [-0.05, 0) is 38.1 Å². The molecule has 0 aliphatic carbocycles. The van der Waals surface area contributed by atoms with Gasteiger partial charge in [-0.1, -0.05) is 18.2 Å². The normalized spacial score (nSPS) is 19.9. The number of likely N-dealkylation sites (tertiary alicyclic amines) is 1. The van der Waals surface area contributed by atoms with Gasteiger partial charge >= 0.3 is 0 Å². The van der Waals surface area contributed by atoms with Crippen LogP contribution in [0.3, 0.4) is 0 Å². The Hall–Kier alpha value is -1.55. The van der Waals surface area contributed by atoms with Gasteiger partial charge in [-0.25, -0.2) is 0 Å². The highest BCUT2D eigenvalue weighted by atomic mass is 16.1. The van der Waals surface area contributed by atoms with Gasteiger partial charge in [0.05, 0.1) is 6.42 Å². The predicted molar refractivity (Wildman–Crippen MR) is 73.2 cm³/mol. The first-order chi connectivity index (χ1) is 8.66. The molecule has 1 atom stereocenters. The summed E-state index contributed by atoms with van der Waals surface area (Å²) in [5, 5.41) is 2.99. The third kappa shape index (κ3) is 3.23. The van der Waals surface area contributed by atoms with E-state index in [0.717, 1.165) is 18.7 Å². The van der Waals surface area contributed by atoms with Gasteiger partial charge in [0.1, 0.15) is 0 Å². The lowest BCUT2D eigenvalue weighted by molar-refractivity contribution is -0.120. The van der Waals surface area contributed by atoms with E-state index in [1.54, 1.807) is 0 Å². The Balaban J connectivity index is 1.80. The quantitative estimate of drug-likeness (QED) is 0.781. The number of anilines is 1. The number of para-hydroxylation sites is 1. The van der Waals surface area contributed by atoms with E-state index in [0.29, 0.717) is 18.2 Å². The molecule has 2 rings (SSSR count). The predicted octanol–water partition coefficient (Wildman–Crippen LogP) is 1.02. The molecule has 1 amide bonds. The van der Waals surface area contributed by atoms with Crippen LogP contribution in [0.1, 0.15) is 18.4 Å². The SMILES string of the molecule is CN1CCCC1CNC(=O)Cc1ccccc1N. The van der Waals surface area contributed by atoms with Crippen molar-refractivity contribution in [2.24, 2.45) is 0 Å². The summed E-state index contributed by atoms with van der Waals surface area (Å²) in [4.78, 5) is 14.1. The van der Waals surface area contributed by atoms with Crippen molar-refractivity contribution in [2.45, 2.75) is 25.3 Å². The summed E-state index contributed by atoms with van der Waals surface area (Å²) in [7, 11) is 2.11. The minimum Gasteiger partial charge on any atom is -0.398 e. The smallest absolute Gasteiger partial charge is 0.224 e. The number of likely N-dealkylation sites (N-methyl/N-ethyl adjacent to an activating group) is 1. The number of hydrogen-bond acceptors (Lipinski definition) is 3. The van der Waals surface area contributed by atoms with Crippen LogP contribution in [0, 0.1) is 0 Å². The Kier molecular flexibility index (Phi) is 4.20. The molecule has 1 aromatic rings. The summed E-state index contributed by atoms with van der Waals surface area (Å²) >= 11 is 0. The lowest BCUT2D eigenvalue weighted by atomic mass is 10.1. The van der Waals surface area contributed by atoms with Gasteiger partial charge < -0.3 is 16.0 Å². The summed E-state index contributed by atoms with van der Waals surface area (Å²) in [5.41, 5.74) is 7.40. The molecule has 98 valence electrons. The summed E-state index contributed by atoms with van der Waals surface area (Å²) in [6.45, 7) is 1.87. The molecule has 1 aromatic carbocycles. The average Bonchev–Trinajstić information content (AvgIpc) is 2.75. The Morgan fingerprint density at radius 2 is 2.28 bits per heavy atom. The zero-order valence-corrected chi connectivity index (χ0v) is 10.9. The Morgan fingerprint density at radius 1 is 1.50 bits per heavy atom. The fourth-order valence-electron chi connectivity index (χ4n) is 2.40. The zero-order valence-electron chi connectivity index (χ0n) is 10.9. The van der Waals surface area contributed by atoms with Crippen LogP contribution >= 0.6 is 0 Å². The van der Waals surface area contributed by atoms with Gasteiger partial charge in [-0.3, -0.25) is 4.79 Å². The Morgan fingerprint density at radius 3 is 2.94 bits per heavy atom. The number of rotatable bonds is 4. The van der Waals surface area contributed by atoms with Crippen LogP contribution in [-0.2, 0) is 11.2 Å². The van der Waals surface area contributed by atoms with E-state index < -0.39 is 0 Å². The molecular weight excluding hydrogens is 226 g/mol. The van der Waals surface area contributed by atoms with Gasteiger partial charge in [0.15, 0.2) is 0 Å². The summed E-state index contributed by atoms with van der Waals surface area (Å²) in [5.74, 6) is 0.0493. The van der Waals surface area contributed by atoms with Crippen molar-refractivity contribution >= 4 is 11.6 Å². The van der Waals surface area contributed by atoms with E-state index in [9.17, 15) is 4.79 Å². The van der Waals surface area contributed by atoms with Crippen LogP contribution in [0.25, 0.3) is 0 Å². The molecule has 3 N–H and O–H groups in total. The number of nitrogens with one attached hydrogen (secondary N) is 1. The van der Waals surface area contributed by atoms with Crippen LogP contribution in [0.2, 0.25) is 0 Å². The van der Waals surface area contributed by atoms with Crippen LogP contribution in [0.15, 0.2) is 24.3 Å². The van der Waals surface area contributed by atoms with Gasteiger partial charge in [0, 0.05) is 18.3 Å². The fourth-order valence-corrected chi connectivity index (χ4v) is 2.40. The molecule has 0 aromatic heterocycles. The van der Waals surface area contributed by atoms with E-state index in [2.05, 4.69) is 17.3 Å². The van der Waals surface area contributed by atoms with Gasteiger partial charge in [0.25, 0.3) is 0 Å². The van der Waals surface area contributed by atoms with Gasteiger partial charge in [-0.15, -0.1) is 0 Å². The first-order valence-electron chi connectivity index (χ1n) is 6.47. The highest BCUT2D eigenvalue weighted by Crippen LogP contribution is 2.14. The van der Waals surface area contributed by atoms with E-state index in [1.807, 2.05) is 24.3 Å². The summed E-state index contributed by atoms with van der Waals surface area (Å²) in [6.07, 6.45) is 2.76. The maximum absolute atomic E-state index is 11.8. The molecule has 1 unspecified atom stereocenters. The minimum absolute atomic E-state index is 0.0493. The van der Waals surface area contributed by atoms with Crippen LogP contribution in [0.5, 0.6) is 0 Å². The Labute approximate surface area is 108 Å². The van der Waals surface area contributed by atoms with Crippen molar-refractivity contribution in [2.75, 3.05) is 25.9 Å². The van der Waals surface area contributed by atoms with Crippen LogP contribution in [-0.4, -0.2) is 37.0 Å². The maximum Gasteiger partial charge on any atom is 0.224 e. The molecule has 1 aliphatic rings. The molecule has 0 spiro atoms. The molecule has 1 saturated heterocycles. The van der Waals surface area contributed by atoms with Crippen molar-refractivity contribution in [3.63, 3.8) is 0 Å². The van der Waals surface area contributed by atoms with Crippen LogP contribution < -0.4 is 11.1 Å². The van der Waals surface area contributed by atoms with Crippen molar-refractivity contribution in [3.8, 4) is 0 Å². The number of nitrogen functional groups attached to an aromatic ring is 1. The monoisotopic (exact) mass is 247 g/mol. The minimum atomic E-state index is 0.0493. The van der Waals surface area contributed by atoms with E-state index >= 15 is 0 Å². The molecule has 1 aliphatic heterocycles. The first-order valence-corrected chi connectivity index (χ1v) is 6.47. The standard InChI is InChI=1S/C14H21N3O/c1-17-8-4-6-12(17)10-16-14(18)9-11-5-2-3-7-13(11)15/h2-3,5,7,12H,4,6,8-10,15H2,1H3,(H,16,18). The maximum atomic E-state index is 11.8.